The monoisotopic (exact) mass is 462 g/mol. The van der Waals surface area contributed by atoms with Crippen LogP contribution in [0.1, 0.15) is 89.2 Å². The first-order chi connectivity index (χ1) is 16.6. The predicted molar refractivity (Wildman–Crippen MR) is 142 cm³/mol. The fourth-order valence-electron chi connectivity index (χ4n) is 4.58. The van der Waals surface area contributed by atoms with Crippen molar-refractivity contribution in [2.75, 3.05) is 0 Å². The van der Waals surface area contributed by atoms with Crippen molar-refractivity contribution in [3.8, 4) is 22.3 Å². The highest BCUT2D eigenvalue weighted by molar-refractivity contribution is 5.71. The fraction of sp³-hybridized carbons (Fsp3) is 0.438. The Morgan fingerprint density at radius 2 is 1.00 bits per heavy atom. The molecule has 3 rings (SSSR count). The van der Waals surface area contributed by atoms with Crippen LogP contribution >= 0.6 is 0 Å². The lowest BCUT2D eigenvalue weighted by molar-refractivity contribution is 0.496. The summed E-state index contributed by atoms with van der Waals surface area (Å²) in [6, 6.07) is 19.7. The molecule has 0 amide bonds. The number of benzene rings is 3. The summed E-state index contributed by atoms with van der Waals surface area (Å²) in [5.74, 6) is -1.42. The first-order valence-corrected chi connectivity index (χ1v) is 13.3. The van der Waals surface area contributed by atoms with Gasteiger partial charge in [0.25, 0.3) is 0 Å². The van der Waals surface area contributed by atoms with E-state index in [0.717, 1.165) is 30.4 Å². The molecule has 0 aliphatic carbocycles. The van der Waals surface area contributed by atoms with E-state index in [1.165, 1.54) is 56.9 Å². The van der Waals surface area contributed by atoms with E-state index in [1.807, 2.05) is 24.3 Å². The zero-order valence-corrected chi connectivity index (χ0v) is 21.0. The maximum Gasteiger partial charge on any atom is 0.166 e. The van der Waals surface area contributed by atoms with Gasteiger partial charge in [-0.25, -0.2) is 8.78 Å². The molecule has 0 nitrogen and oxygen atoms in total. The Balaban J connectivity index is 1.51. The minimum atomic E-state index is -0.732. The lowest BCUT2D eigenvalue weighted by atomic mass is 9.97. The molecule has 34 heavy (non-hydrogen) atoms. The van der Waals surface area contributed by atoms with Crippen LogP contribution in [-0.2, 0) is 12.8 Å². The van der Waals surface area contributed by atoms with Gasteiger partial charge in [0.05, 0.1) is 0 Å². The Morgan fingerprint density at radius 1 is 0.500 bits per heavy atom. The van der Waals surface area contributed by atoms with Crippen LogP contribution < -0.4 is 0 Å². The SMILES string of the molecule is CCCCCCCCCCCCc1ccc(-c2ccc(-c3ccc(CC)cc3)cc2)c(F)c1F. The average Bonchev–Trinajstić information content (AvgIpc) is 2.88. The molecule has 0 atom stereocenters. The van der Waals surface area contributed by atoms with Gasteiger partial charge in [-0.15, -0.1) is 0 Å². The van der Waals surface area contributed by atoms with Crippen molar-refractivity contribution < 1.29 is 8.78 Å². The van der Waals surface area contributed by atoms with Gasteiger partial charge in [-0.05, 0) is 47.1 Å². The van der Waals surface area contributed by atoms with E-state index >= 15 is 0 Å². The van der Waals surface area contributed by atoms with E-state index in [4.69, 9.17) is 0 Å². The van der Waals surface area contributed by atoms with Crippen LogP contribution in [0.15, 0.2) is 60.7 Å². The van der Waals surface area contributed by atoms with Crippen molar-refractivity contribution in [1.29, 1.82) is 0 Å². The average molecular weight is 463 g/mol. The predicted octanol–water partition coefficient (Wildman–Crippen LogP) is 10.3. The standard InChI is InChI=1S/C32H40F2/c1-3-5-6-7-8-9-10-11-12-13-14-29-23-24-30(32(34)31(29)33)28-21-19-27(20-22-28)26-17-15-25(4-2)16-18-26/h15-24H,3-14H2,1-2H3. The molecule has 0 aliphatic rings. The molecule has 0 spiro atoms. The highest BCUT2D eigenvalue weighted by Gasteiger charge is 2.14. The molecule has 2 heteroatoms. The second kappa shape index (κ2) is 14.0. The molecule has 0 saturated carbocycles. The smallest absolute Gasteiger partial charge is 0.166 e. The van der Waals surface area contributed by atoms with E-state index in [0.29, 0.717) is 23.1 Å². The van der Waals surface area contributed by atoms with Crippen LogP contribution in [0.2, 0.25) is 0 Å². The Hall–Kier alpha value is -2.48. The lowest BCUT2D eigenvalue weighted by Crippen LogP contribution is -1.98. The van der Waals surface area contributed by atoms with Crippen molar-refractivity contribution in [3.63, 3.8) is 0 Å². The minimum absolute atomic E-state index is 0.331. The van der Waals surface area contributed by atoms with Crippen LogP contribution in [0.5, 0.6) is 0 Å². The zero-order chi connectivity index (χ0) is 24.2. The van der Waals surface area contributed by atoms with Gasteiger partial charge in [0.15, 0.2) is 11.6 Å². The van der Waals surface area contributed by atoms with Crippen molar-refractivity contribution in [2.45, 2.75) is 90.9 Å². The molecule has 0 aliphatic heterocycles. The second-order valence-electron chi connectivity index (χ2n) is 9.46. The lowest BCUT2D eigenvalue weighted by Gasteiger charge is -2.10. The molecular formula is C32H40F2. The molecule has 3 aromatic carbocycles. The van der Waals surface area contributed by atoms with E-state index < -0.39 is 11.6 Å². The van der Waals surface area contributed by atoms with E-state index in [9.17, 15) is 8.78 Å². The van der Waals surface area contributed by atoms with Crippen molar-refractivity contribution in [1.82, 2.24) is 0 Å². The number of halogens is 2. The highest BCUT2D eigenvalue weighted by Crippen LogP contribution is 2.29. The molecule has 182 valence electrons. The summed E-state index contributed by atoms with van der Waals surface area (Å²) < 4.78 is 29.6. The van der Waals surface area contributed by atoms with Gasteiger partial charge in [0.2, 0.25) is 0 Å². The Kier molecular flexibility index (Phi) is 10.8. The Labute approximate surface area is 205 Å². The van der Waals surface area contributed by atoms with Crippen LogP contribution in [0.25, 0.3) is 22.3 Å². The first kappa shape index (κ1) is 26.1. The molecule has 0 radical (unpaired) electrons. The number of hydrogen-bond donors (Lipinski definition) is 0. The molecule has 0 fully saturated rings. The van der Waals surface area contributed by atoms with Crippen LogP contribution in [0.4, 0.5) is 8.78 Å². The van der Waals surface area contributed by atoms with Crippen LogP contribution in [0, 0.1) is 11.6 Å². The Morgan fingerprint density at radius 3 is 1.56 bits per heavy atom. The largest absolute Gasteiger partial charge is 0.203 e. The third kappa shape index (κ3) is 7.52. The van der Waals surface area contributed by atoms with Gasteiger partial charge in [-0.3, -0.25) is 0 Å². The minimum Gasteiger partial charge on any atom is -0.203 e. The quantitative estimate of drug-likeness (QED) is 0.209. The molecule has 0 unspecified atom stereocenters. The van der Waals surface area contributed by atoms with Crippen molar-refractivity contribution in [2.24, 2.45) is 0 Å². The second-order valence-corrected chi connectivity index (χ2v) is 9.46. The third-order valence-electron chi connectivity index (χ3n) is 6.85. The number of aryl methyl sites for hydroxylation is 2. The Bertz CT molecular complexity index is 987. The van der Waals surface area contributed by atoms with Crippen LogP contribution in [0.3, 0.4) is 0 Å². The van der Waals surface area contributed by atoms with Crippen molar-refractivity contribution >= 4 is 0 Å². The number of hydrogen-bond acceptors (Lipinski definition) is 0. The fourth-order valence-corrected chi connectivity index (χ4v) is 4.58. The number of unbranched alkanes of at least 4 members (excludes halogenated alkanes) is 9. The summed E-state index contributed by atoms with van der Waals surface area (Å²) >= 11 is 0. The zero-order valence-electron chi connectivity index (χ0n) is 21.0. The van der Waals surface area contributed by atoms with Gasteiger partial charge in [0, 0.05) is 5.56 Å². The molecule has 0 saturated heterocycles. The van der Waals surface area contributed by atoms with Gasteiger partial charge in [-0.2, -0.15) is 0 Å². The summed E-state index contributed by atoms with van der Waals surface area (Å²) in [6.07, 6.45) is 14.0. The molecule has 0 heterocycles. The van der Waals surface area contributed by atoms with Gasteiger partial charge in [-0.1, -0.05) is 132 Å². The van der Waals surface area contributed by atoms with Gasteiger partial charge >= 0.3 is 0 Å². The summed E-state index contributed by atoms with van der Waals surface area (Å²) in [6.45, 7) is 4.38. The van der Waals surface area contributed by atoms with Gasteiger partial charge < -0.3 is 0 Å². The highest BCUT2D eigenvalue weighted by atomic mass is 19.2. The van der Waals surface area contributed by atoms with E-state index in [-0.39, 0.29) is 0 Å². The van der Waals surface area contributed by atoms with Gasteiger partial charge in [0.1, 0.15) is 0 Å². The summed E-state index contributed by atoms with van der Waals surface area (Å²) in [4.78, 5) is 0. The molecule has 0 aromatic heterocycles. The molecule has 0 N–H and O–H groups in total. The molecular weight excluding hydrogens is 422 g/mol. The third-order valence-corrected chi connectivity index (χ3v) is 6.85. The topological polar surface area (TPSA) is 0 Å². The van der Waals surface area contributed by atoms with E-state index in [1.54, 1.807) is 12.1 Å². The normalized spacial score (nSPS) is 11.2. The summed E-state index contributed by atoms with van der Waals surface area (Å²) in [5.41, 5.74) is 5.03. The molecule has 3 aromatic rings. The number of rotatable bonds is 14. The first-order valence-electron chi connectivity index (χ1n) is 13.3. The van der Waals surface area contributed by atoms with Crippen molar-refractivity contribution in [3.05, 3.63) is 83.4 Å². The maximum atomic E-state index is 14.9. The summed E-state index contributed by atoms with van der Waals surface area (Å²) in [5, 5.41) is 0. The maximum absolute atomic E-state index is 14.9. The molecule has 0 bridgehead atoms. The van der Waals surface area contributed by atoms with E-state index in [2.05, 4.69) is 38.1 Å². The summed E-state index contributed by atoms with van der Waals surface area (Å²) in [7, 11) is 0. The van der Waals surface area contributed by atoms with Crippen LogP contribution in [-0.4, -0.2) is 0 Å².